The summed E-state index contributed by atoms with van der Waals surface area (Å²) in [6, 6.07) is 0. The molecule has 0 aliphatic heterocycles. The summed E-state index contributed by atoms with van der Waals surface area (Å²) in [4.78, 5) is 51.3. The van der Waals surface area contributed by atoms with Gasteiger partial charge in [-0.05, 0) is 0 Å². The number of hydrogen-bond acceptors (Lipinski definition) is 11. The van der Waals surface area contributed by atoms with Crippen molar-refractivity contribution in [2.45, 2.75) is 149 Å². The van der Waals surface area contributed by atoms with Gasteiger partial charge in [-0.2, -0.15) is 0 Å². The van der Waals surface area contributed by atoms with E-state index < -0.39 is 14.2 Å². The van der Waals surface area contributed by atoms with Crippen LogP contribution in [0.2, 0.25) is 4.44 Å². The van der Waals surface area contributed by atoms with Crippen LogP contribution in [0.25, 0.3) is 0 Å². The monoisotopic (exact) mass is 858 g/mol. The predicted molar refractivity (Wildman–Crippen MR) is 211 cm³/mol. The first-order valence-electron chi connectivity index (χ1n) is 18.9. The molecule has 49 heavy (non-hydrogen) atoms. The Labute approximate surface area is 311 Å². The minimum atomic E-state index is -3.74. The van der Waals surface area contributed by atoms with Crippen molar-refractivity contribution >= 4 is 64.9 Å². The standard InChI is InChI=1S/3C10H20O2S.C7H13O2.Sn/c3*1-9(2)6-4-3-5-7-12-10(11)8-13;1-3-5-6-9-7(8)4-2;/h3*9,13H,3-8H2,1-2H3;2-6H2,1H3;/q;;;;+3/p-3. The second kappa shape index (κ2) is 32.4. The van der Waals surface area contributed by atoms with Crippen LogP contribution in [-0.4, -0.2) is 81.8 Å². The van der Waals surface area contributed by atoms with E-state index in [1.54, 1.807) is 0 Å². The van der Waals surface area contributed by atoms with E-state index in [4.69, 9.17) is 18.9 Å². The van der Waals surface area contributed by atoms with E-state index in [2.05, 4.69) is 41.5 Å². The van der Waals surface area contributed by atoms with Crippen molar-refractivity contribution in [2.75, 3.05) is 43.7 Å². The van der Waals surface area contributed by atoms with Gasteiger partial charge in [0.1, 0.15) is 0 Å². The number of carbonyl (C=O) groups is 4. The third-order valence-corrected chi connectivity index (χ3v) is 46.0. The van der Waals surface area contributed by atoms with Gasteiger partial charge in [-0.3, -0.25) is 0 Å². The Kier molecular flexibility index (Phi) is 32.2. The quantitative estimate of drug-likeness (QED) is 0.0273. The van der Waals surface area contributed by atoms with E-state index >= 15 is 0 Å². The molecule has 0 aromatic carbocycles. The van der Waals surface area contributed by atoms with Crippen LogP contribution in [0.3, 0.4) is 0 Å². The number of hydrogen-bond donors (Lipinski definition) is 0. The first kappa shape index (κ1) is 48.7. The fourth-order valence-electron chi connectivity index (χ4n) is 4.68. The molecule has 0 aliphatic rings. The first-order chi connectivity index (χ1) is 23.4. The van der Waals surface area contributed by atoms with Gasteiger partial charge >= 0.3 is 314 Å². The van der Waals surface area contributed by atoms with E-state index in [9.17, 15) is 19.2 Å². The summed E-state index contributed by atoms with van der Waals surface area (Å²) in [6.07, 6.45) is 14.3. The Balaban J connectivity index is 5.45. The van der Waals surface area contributed by atoms with Crippen LogP contribution in [0.15, 0.2) is 0 Å². The van der Waals surface area contributed by atoms with Crippen molar-refractivity contribution in [3.63, 3.8) is 0 Å². The molecule has 0 saturated heterocycles. The average Bonchev–Trinajstić information content (AvgIpc) is 3.04. The molecule has 0 aromatic rings. The van der Waals surface area contributed by atoms with Crippen LogP contribution in [0.5, 0.6) is 0 Å². The fourth-order valence-corrected chi connectivity index (χ4v) is 36.8. The van der Waals surface area contributed by atoms with E-state index in [0.717, 1.165) is 89.9 Å². The van der Waals surface area contributed by atoms with Crippen LogP contribution in [0, 0.1) is 17.8 Å². The number of unbranched alkanes of at least 4 members (excludes halogenated alkanes) is 7. The van der Waals surface area contributed by atoms with E-state index in [1.165, 1.54) is 26.8 Å². The first-order valence-corrected chi connectivity index (χ1v) is 34.4. The van der Waals surface area contributed by atoms with Crippen molar-refractivity contribution in [1.29, 1.82) is 0 Å². The van der Waals surface area contributed by atoms with Gasteiger partial charge in [0.2, 0.25) is 0 Å². The Morgan fingerprint density at radius 1 is 0.469 bits per heavy atom. The Hall–Kier alpha value is -0.271. The van der Waals surface area contributed by atoms with E-state index in [1.807, 2.05) is 6.92 Å². The summed E-state index contributed by atoms with van der Waals surface area (Å²) < 4.78 is 22.7. The predicted octanol–water partition coefficient (Wildman–Crippen LogP) is 10.1. The molecule has 288 valence electrons. The molecule has 0 aromatic heterocycles. The maximum atomic E-state index is 12.9. The van der Waals surface area contributed by atoms with Gasteiger partial charge in [-0.25, -0.2) is 0 Å². The maximum absolute atomic E-state index is 12.9. The average molecular weight is 858 g/mol. The van der Waals surface area contributed by atoms with Crippen LogP contribution in [-0.2, 0) is 38.1 Å². The summed E-state index contributed by atoms with van der Waals surface area (Å²) in [5.74, 6) is 1.20. The minimum absolute atomic E-state index is 0.128. The molecule has 0 fully saturated rings. The van der Waals surface area contributed by atoms with Gasteiger partial charge in [-0.15, -0.1) is 0 Å². The van der Waals surface area contributed by atoms with Crippen molar-refractivity contribution in [3.05, 3.63) is 0 Å². The third-order valence-electron chi connectivity index (χ3n) is 7.69. The Bertz CT molecular complexity index is 784. The van der Waals surface area contributed by atoms with Gasteiger partial charge in [0.05, 0.1) is 0 Å². The molecule has 0 aliphatic carbocycles. The van der Waals surface area contributed by atoms with Crippen molar-refractivity contribution in [3.8, 4) is 0 Å². The van der Waals surface area contributed by atoms with Crippen molar-refractivity contribution in [2.24, 2.45) is 17.8 Å². The molecule has 8 nitrogen and oxygen atoms in total. The molecule has 0 bridgehead atoms. The van der Waals surface area contributed by atoms with Crippen molar-refractivity contribution < 1.29 is 38.1 Å². The van der Waals surface area contributed by atoms with Crippen LogP contribution in [0.1, 0.15) is 145 Å². The number of esters is 4. The van der Waals surface area contributed by atoms with Crippen LogP contribution >= 0.6 is 26.8 Å². The summed E-state index contributed by atoms with van der Waals surface area (Å²) in [5, 5.41) is 0. The van der Waals surface area contributed by atoms with Gasteiger partial charge in [-0.1, -0.05) is 0 Å². The second-order valence-electron chi connectivity index (χ2n) is 14.0. The molecule has 12 heteroatoms. The number of carbonyl (C=O) groups excluding carboxylic acids is 4. The summed E-state index contributed by atoms with van der Waals surface area (Å²) in [7, 11) is 4.55. The summed E-state index contributed by atoms with van der Waals surface area (Å²) in [5.41, 5.74) is 0. The molecule has 0 atom stereocenters. The molecule has 0 unspecified atom stereocenters. The Morgan fingerprint density at radius 2 is 0.796 bits per heavy atom. The molecular weight excluding hydrogens is 787 g/mol. The van der Waals surface area contributed by atoms with E-state index in [0.29, 0.717) is 48.6 Å². The zero-order chi connectivity index (χ0) is 36.8. The van der Waals surface area contributed by atoms with Gasteiger partial charge in [0.15, 0.2) is 0 Å². The Morgan fingerprint density at radius 3 is 1.12 bits per heavy atom. The van der Waals surface area contributed by atoms with E-state index in [-0.39, 0.29) is 47.6 Å². The fraction of sp³-hybridized carbons (Fsp3) is 0.892. The summed E-state index contributed by atoms with van der Waals surface area (Å²) in [6.45, 7) is 16.8. The second-order valence-corrected chi connectivity index (χ2v) is 47.7. The van der Waals surface area contributed by atoms with Gasteiger partial charge in [0, 0.05) is 0 Å². The summed E-state index contributed by atoms with van der Waals surface area (Å²) >= 11 is -3.74. The molecule has 0 radical (unpaired) electrons. The normalized spacial score (nSPS) is 11.7. The number of ether oxygens (including phenoxy) is 4. The topological polar surface area (TPSA) is 105 Å². The third kappa shape index (κ3) is 32.1. The molecule has 0 amide bonds. The van der Waals surface area contributed by atoms with Crippen LogP contribution < -0.4 is 0 Å². The van der Waals surface area contributed by atoms with Gasteiger partial charge in [0.25, 0.3) is 0 Å². The molecular formula is C37H70O8S3Sn. The van der Waals surface area contributed by atoms with Crippen LogP contribution in [0.4, 0.5) is 0 Å². The zero-order valence-electron chi connectivity index (χ0n) is 32.0. The molecule has 0 heterocycles. The SMILES string of the molecule is CCCCOC(=O)C[CH2][Sn]([S]CC(=O)OCCCCCC(C)C)([S]CC(=O)OCCCCCC(C)C)[S]CC(=O)OCCCCCC(C)C. The molecule has 0 saturated carbocycles. The van der Waals surface area contributed by atoms with Crippen molar-refractivity contribution in [1.82, 2.24) is 0 Å². The zero-order valence-corrected chi connectivity index (χ0v) is 37.3. The molecule has 0 spiro atoms. The van der Waals surface area contributed by atoms with Gasteiger partial charge < -0.3 is 0 Å². The number of rotatable bonds is 33. The molecule has 0 N–H and O–H groups in total. The molecule has 0 rings (SSSR count).